The number of carbonyl (C=O) groups is 2. The summed E-state index contributed by atoms with van der Waals surface area (Å²) in [5.74, 6) is -0.525. The molecule has 1 saturated carbocycles. The number of likely N-dealkylation sites (tertiary alicyclic amines) is 1. The van der Waals surface area contributed by atoms with Crippen LogP contribution in [0.3, 0.4) is 0 Å². The lowest BCUT2D eigenvalue weighted by Crippen LogP contribution is -2.40. The van der Waals surface area contributed by atoms with Gasteiger partial charge in [0, 0.05) is 25.6 Å². The maximum absolute atomic E-state index is 13.3. The lowest BCUT2D eigenvalue weighted by molar-refractivity contribution is -0.138. The summed E-state index contributed by atoms with van der Waals surface area (Å²) < 4.78 is 45.5. The summed E-state index contributed by atoms with van der Waals surface area (Å²) in [5, 5.41) is 11.5. The smallest absolute Gasteiger partial charge is 0.416 e. The van der Waals surface area contributed by atoms with E-state index in [1.807, 2.05) is 20.8 Å². The van der Waals surface area contributed by atoms with Crippen LogP contribution in [0.1, 0.15) is 69.6 Å². The minimum atomic E-state index is -4.60. The largest absolute Gasteiger partial charge is 0.444 e. The van der Waals surface area contributed by atoms with Crippen molar-refractivity contribution < 1.29 is 27.5 Å². The molecule has 1 aliphatic carbocycles. The molecule has 0 radical (unpaired) electrons. The van der Waals surface area contributed by atoms with Gasteiger partial charge in [0.15, 0.2) is 0 Å². The van der Waals surface area contributed by atoms with Gasteiger partial charge in [0.1, 0.15) is 5.60 Å². The third-order valence-corrected chi connectivity index (χ3v) is 6.50. The van der Waals surface area contributed by atoms with Crippen molar-refractivity contribution >= 4 is 12.0 Å². The Morgan fingerprint density at radius 2 is 1.88 bits per heavy atom. The van der Waals surface area contributed by atoms with E-state index in [1.54, 1.807) is 11.0 Å². The van der Waals surface area contributed by atoms with Gasteiger partial charge in [0.2, 0.25) is 5.91 Å². The highest BCUT2D eigenvalue weighted by Crippen LogP contribution is 2.46. The van der Waals surface area contributed by atoms with E-state index in [1.165, 1.54) is 12.1 Å². The van der Waals surface area contributed by atoms with E-state index in [9.17, 15) is 22.8 Å². The number of amides is 2. The highest BCUT2D eigenvalue weighted by molar-refractivity contribution is 5.78. The van der Waals surface area contributed by atoms with E-state index in [-0.39, 0.29) is 41.0 Å². The van der Waals surface area contributed by atoms with Gasteiger partial charge in [-0.2, -0.15) is 18.4 Å². The number of rotatable bonds is 3. The molecule has 6 nitrogen and oxygen atoms in total. The molecule has 2 fully saturated rings. The van der Waals surface area contributed by atoms with Gasteiger partial charge in [-0.15, -0.1) is 0 Å². The summed E-state index contributed by atoms with van der Waals surface area (Å²) in [7, 11) is 0. The van der Waals surface area contributed by atoms with Gasteiger partial charge in [0.05, 0.1) is 17.2 Å². The first kappa shape index (κ1) is 24.9. The van der Waals surface area contributed by atoms with Crippen molar-refractivity contribution in [2.75, 3.05) is 13.1 Å². The first-order chi connectivity index (χ1) is 15.3. The van der Waals surface area contributed by atoms with Gasteiger partial charge in [-0.1, -0.05) is 6.07 Å². The van der Waals surface area contributed by atoms with Crippen LogP contribution in [0.5, 0.6) is 0 Å². The van der Waals surface area contributed by atoms with Crippen molar-refractivity contribution in [3.8, 4) is 6.07 Å². The molecule has 3 rings (SSSR count). The highest BCUT2D eigenvalue weighted by Gasteiger charge is 2.44. The topological polar surface area (TPSA) is 82.4 Å². The molecule has 9 heteroatoms. The fraction of sp³-hybridized carbons (Fsp3) is 0.625. The number of alkyl halides is 3. The van der Waals surface area contributed by atoms with Crippen molar-refractivity contribution in [3.05, 3.63) is 34.9 Å². The van der Waals surface area contributed by atoms with E-state index in [0.29, 0.717) is 25.9 Å². The Morgan fingerprint density at radius 3 is 2.45 bits per heavy atom. The second-order valence-corrected chi connectivity index (χ2v) is 10.1. The number of carbonyl (C=O) groups excluding carboxylic acids is 2. The monoisotopic (exact) mass is 465 g/mol. The SMILES string of the molecule is CC(C)(C)OC(=O)N1CCC2(CCC(C(=O)NCc3ccc(C#N)cc3C(F)(F)F)CC2)C1. The minimum absolute atomic E-state index is 0.0235. The number of ether oxygens (including phenoxy) is 1. The van der Waals surface area contributed by atoms with E-state index in [0.717, 1.165) is 25.3 Å². The quantitative estimate of drug-likeness (QED) is 0.680. The van der Waals surface area contributed by atoms with E-state index in [2.05, 4.69) is 5.32 Å². The minimum Gasteiger partial charge on any atom is -0.444 e. The zero-order chi connectivity index (χ0) is 24.4. The molecule has 1 aromatic rings. The van der Waals surface area contributed by atoms with Crippen LogP contribution in [-0.2, 0) is 22.3 Å². The van der Waals surface area contributed by atoms with Gasteiger partial charge in [-0.05, 0) is 76.0 Å². The van der Waals surface area contributed by atoms with Crippen molar-refractivity contribution in [2.45, 2.75) is 71.2 Å². The molecule has 0 aromatic heterocycles. The number of halogens is 3. The van der Waals surface area contributed by atoms with Crippen LogP contribution >= 0.6 is 0 Å². The number of benzene rings is 1. The average molecular weight is 466 g/mol. The second kappa shape index (κ2) is 9.24. The molecule has 1 aliphatic heterocycles. The van der Waals surface area contributed by atoms with Crippen LogP contribution in [0.2, 0.25) is 0 Å². The summed E-state index contributed by atoms with van der Waals surface area (Å²) in [5.41, 5.74) is -1.62. The molecule has 0 atom stereocenters. The molecule has 1 spiro atoms. The molecular weight excluding hydrogens is 435 g/mol. The van der Waals surface area contributed by atoms with Gasteiger partial charge < -0.3 is 15.0 Å². The Bertz CT molecular complexity index is 939. The maximum atomic E-state index is 13.3. The molecule has 2 amide bonds. The number of nitrogens with zero attached hydrogens (tertiary/aromatic N) is 2. The fourth-order valence-electron chi connectivity index (χ4n) is 4.71. The predicted molar refractivity (Wildman–Crippen MR) is 115 cm³/mol. The molecule has 1 saturated heterocycles. The first-order valence-electron chi connectivity index (χ1n) is 11.2. The molecule has 1 aromatic carbocycles. The number of nitriles is 1. The Hall–Kier alpha value is -2.76. The first-order valence-corrected chi connectivity index (χ1v) is 11.2. The third kappa shape index (κ3) is 6.18. The Balaban J connectivity index is 1.54. The summed E-state index contributed by atoms with van der Waals surface area (Å²) >= 11 is 0. The van der Waals surface area contributed by atoms with Gasteiger partial charge >= 0.3 is 12.3 Å². The van der Waals surface area contributed by atoms with Crippen LogP contribution in [-0.4, -0.2) is 35.6 Å². The Labute approximate surface area is 192 Å². The second-order valence-electron chi connectivity index (χ2n) is 10.1. The average Bonchev–Trinajstić information content (AvgIpc) is 3.14. The third-order valence-electron chi connectivity index (χ3n) is 6.50. The maximum Gasteiger partial charge on any atom is 0.416 e. The number of nitrogens with one attached hydrogen (secondary N) is 1. The standard InChI is InChI=1S/C24H30F3N3O3/c1-22(2,3)33-21(32)30-11-10-23(15-30)8-6-17(7-9-23)20(31)29-14-18-5-4-16(13-28)12-19(18)24(25,26)27/h4-5,12,17H,6-11,14-15H2,1-3H3,(H,29,31). The van der Waals surface area contributed by atoms with Crippen LogP contribution in [0.15, 0.2) is 18.2 Å². The molecule has 1 N–H and O–H groups in total. The van der Waals surface area contributed by atoms with Crippen LogP contribution in [0.4, 0.5) is 18.0 Å². The molecular formula is C24H30F3N3O3. The van der Waals surface area contributed by atoms with Gasteiger partial charge in [-0.25, -0.2) is 4.79 Å². The molecule has 33 heavy (non-hydrogen) atoms. The van der Waals surface area contributed by atoms with Crippen LogP contribution in [0.25, 0.3) is 0 Å². The van der Waals surface area contributed by atoms with E-state index < -0.39 is 17.3 Å². The van der Waals surface area contributed by atoms with Gasteiger partial charge in [-0.3, -0.25) is 4.79 Å². The number of hydrogen-bond acceptors (Lipinski definition) is 4. The van der Waals surface area contributed by atoms with E-state index >= 15 is 0 Å². The normalized spacial score (nSPS) is 23.3. The van der Waals surface area contributed by atoms with Gasteiger partial charge in [0.25, 0.3) is 0 Å². The summed E-state index contributed by atoms with van der Waals surface area (Å²) in [6.07, 6.45) is -1.22. The molecule has 180 valence electrons. The number of hydrogen-bond donors (Lipinski definition) is 1. The summed E-state index contributed by atoms with van der Waals surface area (Å²) in [6, 6.07) is 5.07. The van der Waals surface area contributed by atoms with Crippen molar-refractivity contribution in [1.82, 2.24) is 10.2 Å². The van der Waals surface area contributed by atoms with Crippen LogP contribution in [0, 0.1) is 22.7 Å². The predicted octanol–water partition coefficient (Wildman–Crippen LogP) is 5.01. The zero-order valence-electron chi connectivity index (χ0n) is 19.2. The lowest BCUT2D eigenvalue weighted by Gasteiger charge is -2.36. The van der Waals surface area contributed by atoms with Crippen molar-refractivity contribution in [2.24, 2.45) is 11.3 Å². The summed E-state index contributed by atoms with van der Waals surface area (Å²) in [4.78, 5) is 26.7. The molecule has 2 aliphatic rings. The molecule has 0 unspecified atom stereocenters. The van der Waals surface area contributed by atoms with E-state index in [4.69, 9.17) is 10.00 Å². The van der Waals surface area contributed by atoms with Crippen molar-refractivity contribution in [3.63, 3.8) is 0 Å². The fourth-order valence-corrected chi connectivity index (χ4v) is 4.71. The Morgan fingerprint density at radius 1 is 1.21 bits per heavy atom. The molecule has 1 heterocycles. The zero-order valence-corrected chi connectivity index (χ0v) is 19.2. The summed E-state index contributed by atoms with van der Waals surface area (Å²) in [6.45, 7) is 6.48. The highest BCUT2D eigenvalue weighted by atomic mass is 19.4. The Kier molecular flexibility index (Phi) is 6.96. The van der Waals surface area contributed by atoms with Crippen LogP contribution < -0.4 is 5.32 Å². The molecule has 0 bridgehead atoms. The van der Waals surface area contributed by atoms with Crippen molar-refractivity contribution in [1.29, 1.82) is 5.26 Å². The lowest BCUT2D eigenvalue weighted by atomic mass is 9.70.